The van der Waals surface area contributed by atoms with Gasteiger partial charge in [-0.2, -0.15) is 34.1 Å². The first-order valence-electron chi connectivity index (χ1n) is 50.2. The van der Waals surface area contributed by atoms with Crippen LogP contribution in [0.2, 0.25) is 0 Å². The number of nitrogens with two attached hydrogens (primary N) is 1. The van der Waals surface area contributed by atoms with Crippen molar-refractivity contribution in [3.05, 3.63) is 41.6 Å². The number of terminal acetylenes is 2. The molecule has 7 heterocycles. The molecule has 15 amide bonds. The molecule has 6 aliphatic heterocycles. The number of urea groups is 3. The van der Waals surface area contributed by atoms with Crippen molar-refractivity contribution in [2.24, 2.45) is 95.9 Å². The summed E-state index contributed by atoms with van der Waals surface area (Å²) in [5.74, 6) is -3.79. The monoisotopic (exact) mass is 2120 g/mol. The van der Waals surface area contributed by atoms with Crippen LogP contribution in [0.3, 0.4) is 0 Å². The Morgan fingerprint density at radius 3 is 1.12 bits per heavy atom. The molecule has 3 unspecified atom stereocenters. The number of hydrogen-bond acceptors (Lipinski definition) is 22. The van der Waals surface area contributed by atoms with Crippen molar-refractivity contribution >= 4 is 130 Å². The highest BCUT2D eigenvalue weighted by Crippen LogP contribution is 2.67. The Morgan fingerprint density at radius 1 is 0.486 bits per heavy atom. The first-order chi connectivity index (χ1) is 67.1. The van der Waals surface area contributed by atoms with Gasteiger partial charge in [0.15, 0.2) is 0 Å². The largest absolute Gasteiger partial charge is 0.363 e. The van der Waals surface area contributed by atoms with E-state index in [1.165, 1.54) is 62.5 Å². The number of primary amides is 1. The summed E-state index contributed by atoms with van der Waals surface area (Å²) in [6, 6.07) is -11.5. The number of hydrogen-bond donors (Lipinski definition) is 13. The minimum Gasteiger partial charge on any atom is -0.363 e. The van der Waals surface area contributed by atoms with E-state index in [0.29, 0.717) is 31.0 Å². The Hall–Kier alpha value is -10.0. The fraction of sp³-hybridized carbons (Fsp3) is 0.733. The Balaban J connectivity index is 0.000000244. The lowest BCUT2D eigenvalue weighted by atomic mass is 9.80. The summed E-state index contributed by atoms with van der Waals surface area (Å²) in [5.41, 5.74) is 0.704. The molecule has 45 heteroatoms. The van der Waals surface area contributed by atoms with E-state index in [2.05, 4.69) is 88.2 Å². The van der Waals surface area contributed by atoms with Crippen LogP contribution in [0.4, 0.5) is 14.4 Å². The molecule has 14 N–H and O–H groups in total. The van der Waals surface area contributed by atoms with Crippen LogP contribution in [0.5, 0.6) is 0 Å². The second-order valence-corrected chi connectivity index (χ2v) is 55.5. The zero-order valence-electron chi connectivity index (χ0n) is 89.6. The lowest BCUT2D eigenvalue weighted by molar-refractivity contribution is -0.145. The van der Waals surface area contributed by atoms with Gasteiger partial charge in [0.2, 0.25) is 62.8 Å². The van der Waals surface area contributed by atoms with Gasteiger partial charge in [0.05, 0.1) is 23.0 Å². The molecular weight excluding hydrogens is 1960 g/mol. The summed E-state index contributed by atoms with van der Waals surface area (Å²) >= 11 is 1.38. The highest BCUT2D eigenvalue weighted by atomic mass is 32.2. The number of likely N-dealkylation sites (tertiary alicyclic amines) is 3. The molecule has 4 aliphatic carbocycles. The lowest BCUT2D eigenvalue weighted by Gasteiger charge is -2.39. The van der Waals surface area contributed by atoms with E-state index in [-0.39, 0.29) is 149 Å². The van der Waals surface area contributed by atoms with Gasteiger partial charge in [-0.05, 0) is 121 Å². The zero-order chi connectivity index (χ0) is 110. The second-order valence-electron chi connectivity index (χ2n) is 48.8. The quantitative estimate of drug-likeness (QED) is 0.0255. The van der Waals surface area contributed by atoms with E-state index in [1.807, 2.05) is 125 Å². The SMILES string of the molecule is C#CCCC(NC(=O)[C@@H]1[C@@H]2[C@H](CN1C(=O)[C@@H](NC(=O)N[C@H](CN1CCN(C)S1(=O)=O)C(C)(C)C)C(C)(C)C)C2(C)C)C(=O)C(=O)NCC=C.C#CCCC(NC(=O)[C@@H]1[C@@H]2[C@H](CN1C(=O)[C@@H](NC(=O)N[C@H](CN1CCNS1(=O)=O)C(C)(C)C)C(C)(C)C)C2(C)C)C(=O)C(=O)NCC=C.CC(C)(C)[C@H](NC(=O)N[C@H](CN1Cc2sccc2S1(=O)=O)C(C)(C)C)C(=O)N1C[C@H]2[C@@H]([C@H]1C(=O)NC(CC1CCC1)C(=O)C(N)=O)C2(C)C. The van der Waals surface area contributed by atoms with Crippen molar-refractivity contribution in [2.45, 2.75) is 301 Å². The van der Waals surface area contributed by atoms with Crippen LogP contribution in [0.25, 0.3) is 0 Å². The summed E-state index contributed by atoms with van der Waals surface area (Å²) in [6.07, 6.45) is 17.2. The van der Waals surface area contributed by atoms with Crippen molar-refractivity contribution in [3.8, 4) is 24.7 Å². The van der Waals surface area contributed by atoms with Crippen LogP contribution in [0, 0.1) is 115 Å². The maximum absolute atomic E-state index is 14.4. The number of ketones is 3. The molecule has 4 saturated carbocycles. The van der Waals surface area contributed by atoms with Gasteiger partial charge in [-0.15, -0.1) is 49.2 Å². The van der Waals surface area contributed by atoms with E-state index < -0.39 is 224 Å². The number of piperidine rings is 3. The highest BCUT2D eigenvalue weighted by molar-refractivity contribution is 7.89. The number of nitrogens with zero attached hydrogens (tertiary/aromatic N) is 7. The van der Waals surface area contributed by atoms with Crippen molar-refractivity contribution in [1.82, 2.24) is 95.1 Å². The van der Waals surface area contributed by atoms with Crippen molar-refractivity contribution < 1.29 is 97.2 Å². The zero-order valence-corrected chi connectivity index (χ0v) is 92.9. The number of thiophene rings is 1. The summed E-state index contributed by atoms with van der Waals surface area (Å²) in [4.78, 5) is 207. The van der Waals surface area contributed by atoms with Gasteiger partial charge in [0.25, 0.3) is 38.1 Å². The first-order valence-corrected chi connectivity index (χ1v) is 55.4. The minimum atomic E-state index is -3.69. The van der Waals surface area contributed by atoms with E-state index in [4.69, 9.17) is 18.6 Å². The fourth-order valence-electron chi connectivity index (χ4n) is 20.9. The van der Waals surface area contributed by atoms with Crippen LogP contribution >= 0.6 is 11.3 Å². The molecule has 1 aromatic rings. The molecule has 814 valence electrons. The van der Waals surface area contributed by atoms with Gasteiger partial charge >= 0.3 is 18.1 Å². The number of likely N-dealkylation sites (N-methyl/N-ethyl adjacent to an activating group) is 1. The molecule has 1 aromatic heterocycles. The molecule has 9 fully saturated rings. The minimum absolute atomic E-state index is 0.0169. The number of carbonyl (C=O) groups is 15. The Bertz CT molecular complexity index is 5600. The number of nitrogens with one attached hydrogen (secondary N) is 12. The highest BCUT2D eigenvalue weighted by Gasteiger charge is 2.73. The molecular formula is C101H160N20O21S4. The molecule has 0 bridgehead atoms. The van der Waals surface area contributed by atoms with Gasteiger partial charge in [0.1, 0.15) is 36.3 Å². The van der Waals surface area contributed by atoms with Crippen LogP contribution in [-0.2, 0) is 94.5 Å². The predicted molar refractivity (Wildman–Crippen MR) is 551 cm³/mol. The van der Waals surface area contributed by atoms with E-state index in [1.54, 1.807) is 53.0 Å². The maximum Gasteiger partial charge on any atom is 0.315 e. The van der Waals surface area contributed by atoms with E-state index >= 15 is 0 Å². The van der Waals surface area contributed by atoms with Gasteiger partial charge < -0.3 is 78.9 Å². The molecule has 0 spiro atoms. The van der Waals surface area contributed by atoms with Gasteiger partial charge in [-0.25, -0.2) is 27.5 Å². The maximum atomic E-state index is 14.4. The molecule has 146 heavy (non-hydrogen) atoms. The molecule has 5 saturated heterocycles. The molecule has 18 atom stereocenters. The predicted octanol–water partition coefficient (Wildman–Crippen LogP) is 3.97. The summed E-state index contributed by atoms with van der Waals surface area (Å²) < 4.78 is 84.4. The first kappa shape index (κ1) is 120. The third-order valence-corrected chi connectivity index (χ3v) is 37.5. The van der Waals surface area contributed by atoms with Gasteiger partial charge in [-0.1, -0.05) is 198 Å². The van der Waals surface area contributed by atoms with Crippen molar-refractivity contribution in [1.29, 1.82) is 0 Å². The van der Waals surface area contributed by atoms with Crippen molar-refractivity contribution in [2.75, 3.05) is 85.6 Å². The smallest absolute Gasteiger partial charge is 0.315 e. The number of Topliss-reactive ketones (excluding diaryl/α,β-unsaturated/α-hetero) is 3. The van der Waals surface area contributed by atoms with Crippen LogP contribution < -0.4 is 68.9 Å². The standard InChI is InChI=1S/C34H55N7O7S.C34H52N6O7S2.C33H53N7O7S/c1-12-14-15-22(26(42)29(44)35-16-13-2)36-28(43)25-24-21(34(24,9)10)19-41(25)30(45)27(33(6,7)8)38-31(46)37-23(32(3,4)5)20-40-18-17-39(11)49(40,47)48;1-32(2,3)23(17-39-16-21-22(12-13-48-21)49(39,46)47)37-31(45)38-27(33(4,5)6)30(44)40-15-19-24(34(19,7)8)25(40)29(43)36-20(26(41)28(35)42)14-18-10-9-11-18;1-11-13-14-21(25(41)28(43)34-15-12-2)36-27(42)24-23-20(33(23,9)10)18-40(24)29(44)26(32(6,7)8)38-30(45)37-22(31(3,4)5)19-39-17-16-35-48(39,46)47/h1,13,21-25,27H,2,14-20H2,3-11H3,(H,35,44)(H,36,43)(H2,37,38,46);12-13,18-20,23-25,27H,9-11,14-17H2,1-8H3,(H2,35,42)(H,36,43)(H2,37,38,45);1,12,20-24,26,35H,2,13-19H2,3-10H3,(H,34,43)(H,36,42)(H2,37,38,45)/t21-,22?,23+,24-,25-,27+;19-,20?,23+,24-,25-,27+;20-,21?,22+,23-,24-,26+/m000/s1. The lowest BCUT2D eigenvalue weighted by Crippen LogP contribution is -2.62. The summed E-state index contributed by atoms with van der Waals surface area (Å²) in [6.45, 7) is 55.1. The van der Waals surface area contributed by atoms with Crippen LogP contribution in [0.15, 0.2) is 41.7 Å². The van der Waals surface area contributed by atoms with Gasteiger partial charge in [0, 0.05) is 128 Å². The topological polar surface area (TPSA) is 552 Å². The molecule has 0 aromatic carbocycles. The Labute approximate surface area is 866 Å². The number of carbonyl (C=O) groups excluding carboxylic acids is 15. The van der Waals surface area contributed by atoms with Crippen LogP contribution in [0.1, 0.15) is 222 Å². The van der Waals surface area contributed by atoms with Gasteiger partial charge in [-0.3, -0.25) is 57.5 Å². The average molecular weight is 2120 g/mol. The Morgan fingerprint density at radius 2 is 0.836 bits per heavy atom. The average Bonchev–Trinajstić information content (AvgIpc) is 1.53. The Kier molecular flexibility index (Phi) is 37.2. The van der Waals surface area contributed by atoms with E-state index in [0.717, 1.165) is 24.1 Å². The number of sulfonamides is 1. The van der Waals surface area contributed by atoms with E-state index in [9.17, 15) is 97.2 Å². The molecule has 0 radical (unpaired) electrons. The molecule has 10 aliphatic rings. The third-order valence-electron chi connectivity index (χ3n) is 31.0. The molecule has 41 nitrogen and oxygen atoms in total. The van der Waals surface area contributed by atoms with Crippen LogP contribution in [-0.4, -0.2) is 304 Å². The number of fused-ring (bicyclic) bond motifs is 4. The fourth-order valence-corrected chi connectivity index (χ4v) is 26.4. The second kappa shape index (κ2) is 45.4. The third kappa shape index (κ3) is 27.4. The van der Waals surface area contributed by atoms with Crippen molar-refractivity contribution in [3.63, 3.8) is 0 Å². The summed E-state index contributed by atoms with van der Waals surface area (Å²) in [5, 5.41) is 32.1. The normalized spacial score (nSPS) is 25.2. The number of amides is 15. The number of rotatable bonds is 37. The summed E-state index contributed by atoms with van der Waals surface area (Å²) in [7, 11) is -9.47. The molecule has 11 rings (SSSR count).